The van der Waals surface area contributed by atoms with Crippen LogP contribution in [-0.4, -0.2) is 35.7 Å². The van der Waals surface area contributed by atoms with E-state index in [0.29, 0.717) is 5.57 Å². The Bertz CT molecular complexity index is 368. The second-order valence-electron chi connectivity index (χ2n) is 4.85. The number of nitrogens with one attached hydrogen (secondary N) is 2. The molecule has 0 saturated carbocycles. The number of aliphatic hydroxyl groups excluding tert-OH is 1. The molecule has 0 radical (unpaired) electrons. The molecule has 1 rings (SSSR count). The van der Waals surface area contributed by atoms with Gasteiger partial charge in [0.15, 0.2) is 0 Å². The van der Waals surface area contributed by atoms with Crippen LogP contribution in [0.25, 0.3) is 0 Å². The van der Waals surface area contributed by atoms with Crippen LogP contribution in [0.2, 0.25) is 0 Å². The number of rotatable bonds is 6. The van der Waals surface area contributed by atoms with Crippen molar-refractivity contribution >= 4 is 5.91 Å². The van der Waals surface area contributed by atoms with E-state index in [2.05, 4.69) is 17.2 Å². The zero-order valence-electron chi connectivity index (χ0n) is 11.7. The lowest BCUT2D eigenvalue weighted by molar-refractivity contribution is -0.124. The van der Waals surface area contributed by atoms with Crippen LogP contribution in [0.3, 0.4) is 0 Å². The third-order valence-corrected chi connectivity index (χ3v) is 3.21. The van der Waals surface area contributed by atoms with Crippen molar-refractivity contribution in [2.45, 2.75) is 44.9 Å². The number of hydrogen-bond acceptors (Lipinski definition) is 3. The van der Waals surface area contributed by atoms with Gasteiger partial charge in [0.05, 0.1) is 18.2 Å². The quantitative estimate of drug-likeness (QED) is 0.634. The molecule has 1 aliphatic rings. The van der Waals surface area contributed by atoms with Crippen molar-refractivity contribution in [1.29, 1.82) is 0 Å². The Kier molecular flexibility index (Phi) is 6.53. The lowest BCUT2D eigenvalue weighted by Gasteiger charge is -2.22. The molecule has 1 heterocycles. The van der Waals surface area contributed by atoms with Gasteiger partial charge in [-0.15, -0.1) is 0 Å². The van der Waals surface area contributed by atoms with Gasteiger partial charge in [-0.3, -0.25) is 4.79 Å². The highest BCUT2D eigenvalue weighted by atomic mass is 16.3. The zero-order chi connectivity index (χ0) is 14.3. The summed E-state index contributed by atoms with van der Waals surface area (Å²) in [5, 5.41) is 16.0. The Labute approximate surface area is 115 Å². The van der Waals surface area contributed by atoms with E-state index >= 15 is 0 Å². The SMILES string of the molecule is C=C(C=CC=CC)C(O)C(C)NC(=O)C1CCCN1. The van der Waals surface area contributed by atoms with E-state index in [1.807, 2.05) is 25.2 Å². The topological polar surface area (TPSA) is 61.4 Å². The standard InChI is InChI=1S/C15H24N2O2/c1-4-5-6-8-11(2)14(18)12(3)17-15(19)13-9-7-10-16-13/h4-6,8,12-14,16,18H,2,7,9-10H2,1,3H3,(H,17,19). The first-order valence-electron chi connectivity index (χ1n) is 6.76. The number of hydrogen-bond donors (Lipinski definition) is 3. The van der Waals surface area contributed by atoms with Crippen LogP contribution in [0.5, 0.6) is 0 Å². The molecule has 4 heteroatoms. The van der Waals surface area contributed by atoms with Gasteiger partial charge < -0.3 is 15.7 Å². The lowest BCUT2D eigenvalue weighted by Crippen LogP contribution is -2.48. The number of allylic oxidation sites excluding steroid dienone is 3. The molecule has 3 atom stereocenters. The fourth-order valence-corrected chi connectivity index (χ4v) is 2.02. The monoisotopic (exact) mass is 264 g/mol. The van der Waals surface area contributed by atoms with Gasteiger partial charge in [0.25, 0.3) is 0 Å². The molecule has 0 aromatic rings. The van der Waals surface area contributed by atoms with E-state index < -0.39 is 6.10 Å². The van der Waals surface area contributed by atoms with Crippen LogP contribution in [0, 0.1) is 0 Å². The van der Waals surface area contributed by atoms with Crippen molar-refractivity contribution < 1.29 is 9.90 Å². The minimum absolute atomic E-state index is 0.0470. The van der Waals surface area contributed by atoms with Gasteiger partial charge in [0.2, 0.25) is 5.91 Å². The molecule has 3 unspecified atom stereocenters. The smallest absolute Gasteiger partial charge is 0.237 e. The molecule has 1 amide bonds. The van der Waals surface area contributed by atoms with Gasteiger partial charge in [-0.1, -0.05) is 30.9 Å². The Morgan fingerprint density at radius 2 is 2.26 bits per heavy atom. The summed E-state index contributed by atoms with van der Waals surface area (Å²) in [6, 6.07) is -0.473. The van der Waals surface area contributed by atoms with Crippen molar-refractivity contribution in [2.24, 2.45) is 0 Å². The van der Waals surface area contributed by atoms with Crippen molar-refractivity contribution in [1.82, 2.24) is 10.6 Å². The molecule has 1 fully saturated rings. The maximum Gasteiger partial charge on any atom is 0.237 e. The Hall–Kier alpha value is -1.39. The molecule has 1 aliphatic heterocycles. The van der Waals surface area contributed by atoms with Crippen LogP contribution in [0.1, 0.15) is 26.7 Å². The van der Waals surface area contributed by atoms with Crippen LogP contribution in [0.15, 0.2) is 36.5 Å². The molecule has 0 bridgehead atoms. The van der Waals surface area contributed by atoms with Crippen LogP contribution in [0.4, 0.5) is 0 Å². The summed E-state index contributed by atoms with van der Waals surface area (Å²) < 4.78 is 0. The Balaban J connectivity index is 2.44. The van der Waals surface area contributed by atoms with E-state index in [1.165, 1.54) is 0 Å². The van der Waals surface area contributed by atoms with Crippen molar-refractivity contribution in [3.63, 3.8) is 0 Å². The van der Waals surface area contributed by atoms with Gasteiger partial charge in [0.1, 0.15) is 0 Å². The summed E-state index contributed by atoms with van der Waals surface area (Å²) in [5.41, 5.74) is 0.588. The second-order valence-corrected chi connectivity index (χ2v) is 4.85. The zero-order valence-corrected chi connectivity index (χ0v) is 11.7. The van der Waals surface area contributed by atoms with Gasteiger partial charge in [0, 0.05) is 0 Å². The summed E-state index contributed by atoms with van der Waals surface area (Å²) in [7, 11) is 0. The molecule has 0 spiro atoms. The van der Waals surface area contributed by atoms with Crippen molar-refractivity contribution in [2.75, 3.05) is 6.54 Å². The lowest BCUT2D eigenvalue weighted by atomic mass is 10.0. The number of carbonyl (C=O) groups excluding carboxylic acids is 1. The van der Waals surface area contributed by atoms with Gasteiger partial charge in [-0.2, -0.15) is 0 Å². The predicted molar refractivity (Wildman–Crippen MR) is 77.7 cm³/mol. The van der Waals surface area contributed by atoms with Crippen molar-refractivity contribution in [3.05, 3.63) is 36.5 Å². The molecule has 1 saturated heterocycles. The first kappa shape index (κ1) is 15.7. The average Bonchev–Trinajstić information content (AvgIpc) is 2.91. The molecule has 3 N–H and O–H groups in total. The largest absolute Gasteiger partial charge is 0.386 e. The Morgan fingerprint density at radius 1 is 1.53 bits per heavy atom. The molecular weight excluding hydrogens is 240 g/mol. The fraction of sp³-hybridized carbons (Fsp3) is 0.533. The van der Waals surface area contributed by atoms with Gasteiger partial charge >= 0.3 is 0 Å². The first-order valence-corrected chi connectivity index (χ1v) is 6.76. The fourth-order valence-electron chi connectivity index (χ4n) is 2.02. The van der Waals surface area contributed by atoms with Gasteiger partial charge in [-0.25, -0.2) is 0 Å². The maximum atomic E-state index is 11.9. The number of aliphatic hydroxyl groups is 1. The number of carbonyl (C=O) groups is 1. The molecule has 0 aromatic heterocycles. The van der Waals surface area contributed by atoms with E-state index in [9.17, 15) is 9.90 Å². The summed E-state index contributed by atoms with van der Waals surface area (Å²) in [5.74, 6) is -0.0470. The summed E-state index contributed by atoms with van der Waals surface area (Å²) in [6.07, 6.45) is 8.44. The second kappa shape index (κ2) is 7.92. The highest BCUT2D eigenvalue weighted by Gasteiger charge is 2.25. The van der Waals surface area contributed by atoms with E-state index in [-0.39, 0.29) is 18.0 Å². The van der Waals surface area contributed by atoms with E-state index in [0.717, 1.165) is 19.4 Å². The minimum Gasteiger partial charge on any atom is -0.386 e. The number of amides is 1. The summed E-state index contributed by atoms with van der Waals surface area (Å²) in [6.45, 7) is 8.40. The molecule has 0 aromatic carbocycles. The van der Waals surface area contributed by atoms with E-state index in [1.54, 1.807) is 13.0 Å². The third kappa shape index (κ3) is 5.01. The van der Waals surface area contributed by atoms with Crippen LogP contribution >= 0.6 is 0 Å². The Morgan fingerprint density at radius 3 is 2.84 bits per heavy atom. The van der Waals surface area contributed by atoms with Crippen LogP contribution < -0.4 is 10.6 Å². The highest BCUT2D eigenvalue weighted by Crippen LogP contribution is 2.09. The average molecular weight is 264 g/mol. The highest BCUT2D eigenvalue weighted by molar-refractivity contribution is 5.82. The molecule has 0 aliphatic carbocycles. The van der Waals surface area contributed by atoms with Crippen molar-refractivity contribution in [3.8, 4) is 0 Å². The summed E-state index contributed by atoms with van der Waals surface area (Å²) in [4.78, 5) is 11.9. The minimum atomic E-state index is -0.771. The molecule has 106 valence electrons. The normalized spacial score (nSPS) is 22.8. The summed E-state index contributed by atoms with van der Waals surface area (Å²) >= 11 is 0. The molecule has 19 heavy (non-hydrogen) atoms. The molecule has 4 nitrogen and oxygen atoms in total. The first-order chi connectivity index (χ1) is 9.06. The van der Waals surface area contributed by atoms with Crippen LogP contribution in [-0.2, 0) is 4.79 Å². The maximum absolute atomic E-state index is 11.9. The third-order valence-electron chi connectivity index (χ3n) is 3.21. The molecular formula is C15H24N2O2. The predicted octanol–water partition coefficient (Wildman–Crippen LogP) is 1.29. The van der Waals surface area contributed by atoms with Gasteiger partial charge in [-0.05, 0) is 38.8 Å². The van der Waals surface area contributed by atoms with E-state index in [4.69, 9.17) is 0 Å².